The molecule has 3 heteroatoms. The number of fused-ring (bicyclic) bond motifs is 1. The molecular weight excluding hydrogens is 236 g/mol. The summed E-state index contributed by atoms with van der Waals surface area (Å²) in [4.78, 5) is 0. The highest BCUT2D eigenvalue weighted by atomic mass is 16.5. The quantitative estimate of drug-likeness (QED) is 0.852. The fraction of sp³-hybridized carbons (Fsp3) is 0.625. The van der Waals surface area contributed by atoms with Crippen molar-refractivity contribution in [2.45, 2.75) is 44.8 Å². The fourth-order valence-corrected chi connectivity index (χ4v) is 3.05. The van der Waals surface area contributed by atoms with Crippen molar-refractivity contribution in [2.24, 2.45) is 0 Å². The second kappa shape index (κ2) is 5.93. The Labute approximate surface area is 115 Å². The van der Waals surface area contributed by atoms with E-state index < -0.39 is 0 Å². The van der Waals surface area contributed by atoms with Crippen molar-refractivity contribution < 1.29 is 4.74 Å². The third-order valence-electron chi connectivity index (χ3n) is 4.14. The van der Waals surface area contributed by atoms with Crippen LogP contribution in [0.1, 0.15) is 30.9 Å². The maximum Gasteiger partial charge on any atom is 0.0700 e. The molecule has 2 aliphatic rings. The first-order valence-electron chi connectivity index (χ1n) is 7.52. The molecule has 2 heterocycles. The molecule has 0 aromatic heterocycles. The van der Waals surface area contributed by atoms with Gasteiger partial charge in [-0.3, -0.25) is 0 Å². The molecule has 0 radical (unpaired) electrons. The van der Waals surface area contributed by atoms with Crippen molar-refractivity contribution in [1.29, 1.82) is 0 Å². The van der Waals surface area contributed by atoms with Crippen LogP contribution >= 0.6 is 0 Å². The lowest BCUT2D eigenvalue weighted by Gasteiger charge is -2.17. The van der Waals surface area contributed by atoms with Crippen molar-refractivity contribution in [3.05, 3.63) is 29.3 Å². The average Bonchev–Trinajstić information content (AvgIpc) is 3.07. The summed E-state index contributed by atoms with van der Waals surface area (Å²) in [6, 6.07) is 7.35. The summed E-state index contributed by atoms with van der Waals surface area (Å²) in [7, 11) is 0. The fourth-order valence-electron chi connectivity index (χ4n) is 3.05. The van der Waals surface area contributed by atoms with Crippen molar-refractivity contribution in [1.82, 2.24) is 5.32 Å². The maximum absolute atomic E-state index is 5.64. The molecule has 0 amide bonds. The summed E-state index contributed by atoms with van der Waals surface area (Å²) < 4.78 is 5.64. The third-order valence-corrected chi connectivity index (χ3v) is 4.14. The molecule has 2 aliphatic heterocycles. The van der Waals surface area contributed by atoms with Gasteiger partial charge in [-0.1, -0.05) is 12.1 Å². The Hall–Kier alpha value is -1.06. The number of benzene rings is 1. The highest BCUT2D eigenvalue weighted by molar-refractivity contribution is 5.56. The molecule has 1 fully saturated rings. The normalized spacial score (nSPS) is 23.1. The molecule has 3 rings (SSSR count). The number of hydrogen-bond donors (Lipinski definition) is 2. The van der Waals surface area contributed by atoms with Crippen LogP contribution in [0.2, 0.25) is 0 Å². The molecule has 1 aromatic rings. The lowest BCUT2D eigenvalue weighted by Crippen LogP contribution is -2.34. The van der Waals surface area contributed by atoms with Crippen molar-refractivity contribution in [3.8, 4) is 0 Å². The molecule has 104 valence electrons. The van der Waals surface area contributed by atoms with Gasteiger partial charge < -0.3 is 15.4 Å². The minimum Gasteiger partial charge on any atom is -0.384 e. The van der Waals surface area contributed by atoms with Gasteiger partial charge in [-0.05, 0) is 49.8 Å². The molecule has 2 unspecified atom stereocenters. The number of nitrogens with one attached hydrogen (secondary N) is 2. The van der Waals surface area contributed by atoms with Crippen LogP contribution in [0.4, 0.5) is 5.69 Å². The highest BCUT2D eigenvalue weighted by Crippen LogP contribution is 2.23. The monoisotopic (exact) mass is 260 g/mol. The van der Waals surface area contributed by atoms with Crippen LogP contribution in [-0.2, 0) is 17.6 Å². The second-order valence-corrected chi connectivity index (χ2v) is 5.82. The molecular formula is C16H24N2O. The van der Waals surface area contributed by atoms with Crippen molar-refractivity contribution >= 4 is 5.69 Å². The van der Waals surface area contributed by atoms with Gasteiger partial charge in [0.05, 0.1) is 6.10 Å². The Kier molecular flexibility index (Phi) is 4.04. The maximum atomic E-state index is 5.64. The van der Waals surface area contributed by atoms with E-state index in [1.54, 1.807) is 0 Å². The van der Waals surface area contributed by atoms with Crippen LogP contribution < -0.4 is 10.6 Å². The number of rotatable bonds is 5. The molecule has 3 nitrogen and oxygen atoms in total. The van der Waals surface area contributed by atoms with Gasteiger partial charge in [-0.15, -0.1) is 0 Å². The van der Waals surface area contributed by atoms with E-state index in [0.717, 1.165) is 26.1 Å². The highest BCUT2D eigenvalue weighted by Gasteiger charge is 2.16. The van der Waals surface area contributed by atoms with Gasteiger partial charge in [0, 0.05) is 31.4 Å². The van der Waals surface area contributed by atoms with E-state index in [1.165, 1.54) is 36.1 Å². The first-order valence-corrected chi connectivity index (χ1v) is 7.52. The van der Waals surface area contributed by atoms with Crippen LogP contribution in [0.15, 0.2) is 18.2 Å². The summed E-state index contributed by atoms with van der Waals surface area (Å²) >= 11 is 0. The second-order valence-electron chi connectivity index (χ2n) is 5.82. The smallest absolute Gasteiger partial charge is 0.0700 e. The summed E-state index contributed by atoms with van der Waals surface area (Å²) in [5.74, 6) is 0. The molecule has 2 atom stereocenters. The van der Waals surface area contributed by atoms with Gasteiger partial charge >= 0.3 is 0 Å². The SMILES string of the molecule is CC(Cc1ccc2c(c1)CCN2)NCC1CCCO1. The summed E-state index contributed by atoms with van der Waals surface area (Å²) in [6.07, 6.45) is 5.13. The van der Waals surface area contributed by atoms with E-state index in [2.05, 4.69) is 35.8 Å². The van der Waals surface area contributed by atoms with E-state index in [0.29, 0.717) is 12.1 Å². The average molecular weight is 260 g/mol. The lowest BCUT2D eigenvalue weighted by molar-refractivity contribution is 0.108. The van der Waals surface area contributed by atoms with Crippen LogP contribution in [0.5, 0.6) is 0 Å². The van der Waals surface area contributed by atoms with Gasteiger partial charge in [-0.25, -0.2) is 0 Å². The van der Waals surface area contributed by atoms with Gasteiger partial charge in [-0.2, -0.15) is 0 Å². The zero-order valence-corrected chi connectivity index (χ0v) is 11.7. The Balaban J connectivity index is 1.49. The van der Waals surface area contributed by atoms with Gasteiger partial charge in [0.1, 0.15) is 0 Å². The first-order chi connectivity index (χ1) is 9.31. The Bertz CT molecular complexity index is 427. The summed E-state index contributed by atoms with van der Waals surface area (Å²) in [6.45, 7) is 5.29. The molecule has 2 N–H and O–H groups in total. The van der Waals surface area contributed by atoms with Crippen LogP contribution in [0, 0.1) is 0 Å². The topological polar surface area (TPSA) is 33.3 Å². The predicted octanol–water partition coefficient (Wildman–Crippen LogP) is 2.35. The Morgan fingerprint density at radius 1 is 1.47 bits per heavy atom. The Morgan fingerprint density at radius 3 is 3.26 bits per heavy atom. The van der Waals surface area contributed by atoms with Crippen LogP contribution in [0.3, 0.4) is 0 Å². The number of ether oxygens (including phenoxy) is 1. The Morgan fingerprint density at radius 2 is 2.42 bits per heavy atom. The van der Waals surface area contributed by atoms with E-state index in [9.17, 15) is 0 Å². The molecule has 19 heavy (non-hydrogen) atoms. The zero-order chi connectivity index (χ0) is 13.1. The van der Waals surface area contributed by atoms with Crippen molar-refractivity contribution in [3.63, 3.8) is 0 Å². The molecule has 0 saturated carbocycles. The zero-order valence-electron chi connectivity index (χ0n) is 11.7. The molecule has 1 aromatic carbocycles. The van der Waals surface area contributed by atoms with Crippen LogP contribution in [0.25, 0.3) is 0 Å². The largest absolute Gasteiger partial charge is 0.384 e. The molecule has 1 saturated heterocycles. The molecule has 0 aliphatic carbocycles. The molecule has 0 bridgehead atoms. The number of hydrogen-bond acceptors (Lipinski definition) is 3. The van der Waals surface area contributed by atoms with Gasteiger partial charge in [0.15, 0.2) is 0 Å². The minimum atomic E-state index is 0.437. The van der Waals surface area contributed by atoms with E-state index >= 15 is 0 Å². The molecule has 0 spiro atoms. The predicted molar refractivity (Wildman–Crippen MR) is 78.8 cm³/mol. The van der Waals surface area contributed by atoms with E-state index in [4.69, 9.17) is 4.74 Å². The van der Waals surface area contributed by atoms with Gasteiger partial charge in [0.2, 0.25) is 0 Å². The van der Waals surface area contributed by atoms with Crippen molar-refractivity contribution in [2.75, 3.05) is 25.0 Å². The van der Waals surface area contributed by atoms with Gasteiger partial charge in [0.25, 0.3) is 0 Å². The van der Waals surface area contributed by atoms with E-state index in [-0.39, 0.29) is 0 Å². The standard InChI is InChI=1S/C16H24N2O/c1-12(18-11-15-3-2-8-19-15)9-13-4-5-16-14(10-13)6-7-17-16/h4-5,10,12,15,17-18H,2-3,6-9,11H2,1H3. The van der Waals surface area contributed by atoms with Crippen LogP contribution in [-0.4, -0.2) is 31.8 Å². The lowest BCUT2D eigenvalue weighted by atomic mass is 10.0. The summed E-state index contributed by atoms with van der Waals surface area (Å²) in [5.41, 5.74) is 4.24. The number of anilines is 1. The minimum absolute atomic E-state index is 0.437. The third kappa shape index (κ3) is 3.28. The van der Waals surface area contributed by atoms with E-state index in [1.807, 2.05) is 0 Å². The summed E-state index contributed by atoms with van der Waals surface area (Å²) in [5, 5.41) is 7.01. The first kappa shape index (κ1) is 12.9.